The number of rotatable bonds is 5. The fourth-order valence-corrected chi connectivity index (χ4v) is 3.26. The molecule has 1 aliphatic rings. The number of ether oxygens (including phenoxy) is 2. The zero-order valence-corrected chi connectivity index (χ0v) is 14.6. The summed E-state index contributed by atoms with van der Waals surface area (Å²) in [6, 6.07) is 11.4. The number of benzene rings is 1. The van der Waals surface area contributed by atoms with Gasteiger partial charge in [-0.15, -0.1) is 0 Å². The van der Waals surface area contributed by atoms with Crippen molar-refractivity contribution < 1.29 is 14.3 Å². The highest BCUT2D eigenvalue weighted by Gasteiger charge is 2.26. The van der Waals surface area contributed by atoms with Crippen molar-refractivity contribution in [1.82, 2.24) is 9.88 Å². The zero-order chi connectivity index (χ0) is 17.5. The van der Waals surface area contributed by atoms with Gasteiger partial charge in [0.1, 0.15) is 11.5 Å². The summed E-state index contributed by atoms with van der Waals surface area (Å²) in [6.45, 7) is 0.808. The predicted octanol–water partition coefficient (Wildman–Crippen LogP) is 3.61. The molecule has 5 nitrogen and oxygen atoms in total. The van der Waals surface area contributed by atoms with Crippen molar-refractivity contribution in [2.45, 2.75) is 31.7 Å². The van der Waals surface area contributed by atoms with Crippen molar-refractivity contribution in [2.75, 3.05) is 20.3 Å². The van der Waals surface area contributed by atoms with Crippen LogP contribution in [-0.4, -0.2) is 36.1 Å². The SMILES string of the molecule is COc1cccc(OCC(=O)N2CCCCCC2c2ccncc2)c1. The van der Waals surface area contributed by atoms with Crippen LogP contribution < -0.4 is 9.47 Å². The Morgan fingerprint density at radius 1 is 1.16 bits per heavy atom. The second kappa shape index (κ2) is 8.51. The number of carbonyl (C=O) groups is 1. The maximum atomic E-state index is 12.8. The maximum Gasteiger partial charge on any atom is 0.261 e. The van der Waals surface area contributed by atoms with E-state index in [1.165, 1.54) is 0 Å². The first-order valence-corrected chi connectivity index (χ1v) is 8.74. The molecule has 0 bridgehead atoms. The first kappa shape index (κ1) is 17.3. The van der Waals surface area contributed by atoms with Crippen molar-refractivity contribution in [3.63, 3.8) is 0 Å². The molecular formula is C20H24N2O3. The number of carbonyl (C=O) groups excluding carboxylic acids is 1. The van der Waals surface area contributed by atoms with Gasteiger partial charge in [0, 0.05) is 25.0 Å². The molecule has 1 saturated heterocycles. The molecule has 0 N–H and O–H groups in total. The standard InChI is InChI=1S/C20H24N2O3/c1-24-17-6-5-7-18(14-17)25-15-20(23)22-13-4-2-3-8-19(22)16-9-11-21-12-10-16/h5-7,9-12,14,19H,2-4,8,13,15H2,1H3. The third-order valence-electron chi connectivity index (χ3n) is 4.57. The van der Waals surface area contributed by atoms with E-state index in [0.29, 0.717) is 5.75 Å². The summed E-state index contributed by atoms with van der Waals surface area (Å²) in [4.78, 5) is 18.9. The van der Waals surface area contributed by atoms with Gasteiger partial charge in [0.25, 0.3) is 5.91 Å². The van der Waals surface area contributed by atoms with Crippen molar-refractivity contribution in [1.29, 1.82) is 0 Å². The van der Waals surface area contributed by atoms with Crippen molar-refractivity contribution >= 4 is 5.91 Å². The lowest BCUT2D eigenvalue weighted by Crippen LogP contribution is -2.38. The largest absolute Gasteiger partial charge is 0.497 e. The van der Waals surface area contributed by atoms with Gasteiger partial charge in [-0.25, -0.2) is 0 Å². The Hall–Kier alpha value is -2.56. The first-order chi connectivity index (χ1) is 12.3. The maximum absolute atomic E-state index is 12.8. The fraction of sp³-hybridized carbons (Fsp3) is 0.400. The molecule has 1 aromatic carbocycles. The Morgan fingerprint density at radius 3 is 2.76 bits per heavy atom. The average molecular weight is 340 g/mol. The Bertz CT molecular complexity index is 690. The lowest BCUT2D eigenvalue weighted by molar-refractivity contribution is -0.135. The minimum atomic E-state index is 0.0199. The molecule has 0 saturated carbocycles. The molecule has 25 heavy (non-hydrogen) atoms. The number of pyridine rings is 1. The molecule has 132 valence electrons. The molecule has 1 amide bonds. The van der Waals surface area contributed by atoms with Gasteiger partial charge < -0.3 is 14.4 Å². The summed E-state index contributed by atoms with van der Waals surface area (Å²) in [6.07, 6.45) is 7.88. The molecule has 1 unspecified atom stereocenters. The van der Waals surface area contributed by atoms with E-state index in [1.54, 1.807) is 25.6 Å². The van der Waals surface area contributed by atoms with Crippen LogP contribution in [0.15, 0.2) is 48.8 Å². The number of likely N-dealkylation sites (tertiary alicyclic amines) is 1. The molecule has 5 heteroatoms. The van der Waals surface area contributed by atoms with E-state index in [2.05, 4.69) is 4.98 Å². The lowest BCUT2D eigenvalue weighted by atomic mass is 10.0. The molecule has 1 aromatic heterocycles. The normalized spacial score (nSPS) is 17.6. The van der Waals surface area contributed by atoms with Crippen LogP contribution in [0.1, 0.15) is 37.3 Å². The summed E-state index contributed by atoms with van der Waals surface area (Å²) < 4.78 is 10.9. The van der Waals surface area contributed by atoms with Crippen molar-refractivity contribution in [2.24, 2.45) is 0 Å². The van der Waals surface area contributed by atoms with Gasteiger partial charge in [0.05, 0.1) is 13.2 Å². The van der Waals surface area contributed by atoms with Crippen LogP contribution in [0.3, 0.4) is 0 Å². The molecule has 0 spiro atoms. The van der Waals surface area contributed by atoms with Crippen LogP contribution in [0.4, 0.5) is 0 Å². The highest BCUT2D eigenvalue weighted by molar-refractivity contribution is 5.78. The van der Waals surface area contributed by atoms with Crippen LogP contribution in [0.25, 0.3) is 0 Å². The number of nitrogens with zero attached hydrogens (tertiary/aromatic N) is 2. The number of hydrogen-bond acceptors (Lipinski definition) is 4. The molecule has 1 aliphatic heterocycles. The Kier molecular flexibility index (Phi) is 5.88. The van der Waals surface area contributed by atoms with Crippen molar-refractivity contribution in [3.05, 3.63) is 54.4 Å². The molecule has 2 heterocycles. The second-order valence-corrected chi connectivity index (χ2v) is 6.20. The van der Waals surface area contributed by atoms with Gasteiger partial charge in [-0.3, -0.25) is 9.78 Å². The van der Waals surface area contributed by atoms with Crippen molar-refractivity contribution in [3.8, 4) is 11.5 Å². The summed E-state index contributed by atoms with van der Waals surface area (Å²) in [5, 5.41) is 0. The number of amides is 1. The molecule has 0 radical (unpaired) electrons. The van der Waals surface area contributed by atoms with Crippen LogP contribution in [0, 0.1) is 0 Å². The highest BCUT2D eigenvalue weighted by atomic mass is 16.5. The highest BCUT2D eigenvalue weighted by Crippen LogP contribution is 2.30. The third kappa shape index (κ3) is 4.50. The quantitative estimate of drug-likeness (QED) is 0.834. The van der Waals surface area contributed by atoms with Gasteiger partial charge in [0.15, 0.2) is 6.61 Å². The molecule has 1 atom stereocenters. The van der Waals surface area contributed by atoms with Gasteiger partial charge in [-0.2, -0.15) is 0 Å². The summed E-state index contributed by atoms with van der Waals surface area (Å²) in [7, 11) is 1.61. The molecule has 0 aliphatic carbocycles. The lowest BCUT2D eigenvalue weighted by Gasteiger charge is -2.30. The minimum Gasteiger partial charge on any atom is -0.497 e. The van der Waals surface area contributed by atoms with E-state index < -0.39 is 0 Å². The summed E-state index contributed by atoms with van der Waals surface area (Å²) in [5.74, 6) is 1.38. The van der Waals surface area contributed by atoms with Gasteiger partial charge >= 0.3 is 0 Å². The van der Waals surface area contributed by atoms with Crippen LogP contribution in [0.2, 0.25) is 0 Å². The Morgan fingerprint density at radius 2 is 1.96 bits per heavy atom. The summed E-state index contributed by atoms with van der Waals surface area (Å²) >= 11 is 0. The van der Waals surface area contributed by atoms with E-state index in [1.807, 2.05) is 35.2 Å². The topological polar surface area (TPSA) is 51.7 Å². The molecule has 2 aromatic rings. The smallest absolute Gasteiger partial charge is 0.261 e. The van der Waals surface area contributed by atoms with Gasteiger partial charge in [0.2, 0.25) is 0 Å². The Labute approximate surface area is 148 Å². The van der Waals surface area contributed by atoms with E-state index in [0.717, 1.165) is 43.5 Å². The van der Waals surface area contributed by atoms with Gasteiger partial charge in [-0.1, -0.05) is 18.9 Å². The zero-order valence-electron chi connectivity index (χ0n) is 14.6. The molecule has 3 rings (SSSR count). The van der Waals surface area contributed by atoms with Crippen LogP contribution in [0.5, 0.6) is 11.5 Å². The Balaban J connectivity index is 1.69. The monoisotopic (exact) mass is 340 g/mol. The number of methoxy groups -OCH3 is 1. The van der Waals surface area contributed by atoms with E-state index in [-0.39, 0.29) is 18.6 Å². The second-order valence-electron chi connectivity index (χ2n) is 6.20. The van der Waals surface area contributed by atoms with E-state index in [4.69, 9.17) is 9.47 Å². The summed E-state index contributed by atoms with van der Waals surface area (Å²) in [5.41, 5.74) is 1.15. The molecule has 1 fully saturated rings. The van der Waals surface area contributed by atoms with Gasteiger partial charge in [-0.05, 0) is 42.7 Å². The van der Waals surface area contributed by atoms with E-state index in [9.17, 15) is 4.79 Å². The molecular weight excluding hydrogens is 316 g/mol. The van der Waals surface area contributed by atoms with E-state index >= 15 is 0 Å². The minimum absolute atomic E-state index is 0.0199. The number of aromatic nitrogens is 1. The van der Waals surface area contributed by atoms with Crippen LogP contribution in [-0.2, 0) is 4.79 Å². The average Bonchev–Trinajstić information content (AvgIpc) is 2.93. The predicted molar refractivity (Wildman–Crippen MR) is 95.6 cm³/mol. The third-order valence-corrected chi connectivity index (χ3v) is 4.57. The van der Waals surface area contributed by atoms with Crippen LogP contribution >= 0.6 is 0 Å². The number of hydrogen-bond donors (Lipinski definition) is 0. The fourth-order valence-electron chi connectivity index (χ4n) is 3.26. The first-order valence-electron chi connectivity index (χ1n) is 8.74.